The van der Waals surface area contributed by atoms with Gasteiger partial charge in [0.2, 0.25) is 11.8 Å². The first-order valence-corrected chi connectivity index (χ1v) is 14.3. The van der Waals surface area contributed by atoms with Gasteiger partial charge in [-0.15, -0.1) is 0 Å². The average molecular weight is 563 g/mol. The summed E-state index contributed by atoms with van der Waals surface area (Å²) in [4.78, 5) is 61.2. The molecule has 1 aromatic heterocycles. The molecule has 42 heavy (non-hydrogen) atoms. The number of ether oxygens (including phenoxy) is 1. The fraction of sp³-hybridized carbons (Fsp3) is 0.303. The SMILES string of the molecule is CCOC(=O)c1ccc(N2C(=O)[C@@H]3[C@H](CC(C)C)N[C@@]4(c5ccccc5-n5c4nc4ccccc4c5=O)[C@H]3C2=O)cc1. The molecule has 4 atom stereocenters. The number of imide groups is 1. The number of carbonyl (C=O) groups excluding carboxylic acids is 3. The largest absolute Gasteiger partial charge is 0.462 e. The van der Waals surface area contributed by atoms with Gasteiger partial charge < -0.3 is 4.74 Å². The Balaban J connectivity index is 1.43. The van der Waals surface area contributed by atoms with Gasteiger partial charge in [-0.3, -0.25) is 24.3 Å². The van der Waals surface area contributed by atoms with Crippen LogP contribution in [0, 0.1) is 17.8 Å². The average Bonchev–Trinajstić information content (AvgIpc) is 3.56. The Bertz CT molecular complexity index is 1850. The summed E-state index contributed by atoms with van der Waals surface area (Å²) in [6.07, 6.45) is 0.650. The molecule has 0 bridgehead atoms. The Morgan fingerprint density at radius 1 is 0.976 bits per heavy atom. The van der Waals surface area contributed by atoms with Gasteiger partial charge in [0.05, 0.1) is 46.3 Å². The van der Waals surface area contributed by atoms with E-state index < -0.39 is 23.3 Å². The van der Waals surface area contributed by atoms with Crippen LogP contribution in [0.15, 0.2) is 77.6 Å². The van der Waals surface area contributed by atoms with E-state index >= 15 is 0 Å². The lowest BCUT2D eigenvalue weighted by Crippen LogP contribution is -2.50. The van der Waals surface area contributed by atoms with Crippen molar-refractivity contribution in [2.45, 2.75) is 38.8 Å². The summed E-state index contributed by atoms with van der Waals surface area (Å²) in [7, 11) is 0. The highest BCUT2D eigenvalue weighted by Gasteiger charge is 2.69. The minimum Gasteiger partial charge on any atom is -0.462 e. The van der Waals surface area contributed by atoms with Crippen molar-refractivity contribution in [3.63, 3.8) is 0 Å². The second-order valence-corrected chi connectivity index (χ2v) is 11.6. The van der Waals surface area contributed by atoms with Crippen LogP contribution >= 0.6 is 0 Å². The molecule has 4 aromatic rings. The highest BCUT2D eigenvalue weighted by molar-refractivity contribution is 6.23. The summed E-state index contributed by atoms with van der Waals surface area (Å²) in [5.41, 5.74) is 1.28. The predicted octanol–water partition coefficient (Wildman–Crippen LogP) is 3.94. The molecule has 4 heterocycles. The zero-order valence-electron chi connectivity index (χ0n) is 23.5. The number of benzene rings is 3. The normalized spacial score (nSPS) is 24.0. The van der Waals surface area contributed by atoms with Crippen molar-refractivity contribution in [3.05, 3.63) is 100 Å². The molecule has 9 nitrogen and oxygen atoms in total. The van der Waals surface area contributed by atoms with E-state index in [1.54, 1.807) is 47.9 Å². The van der Waals surface area contributed by atoms with Crippen molar-refractivity contribution in [2.24, 2.45) is 17.8 Å². The molecule has 1 spiro atoms. The maximum atomic E-state index is 14.5. The number of hydrogen-bond acceptors (Lipinski definition) is 7. The summed E-state index contributed by atoms with van der Waals surface area (Å²) in [6.45, 7) is 6.15. The van der Waals surface area contributed by atoms with Crippen molar-refractivity contribution < 1.29 is 19.1 Å². The lowest BCUT2D eigenvalue weighted by molar-refractivity contribution is -0.123. The lowest BCUT2D eigenvalue weighted by atomic mass is 9.75. The first-order chi connectivity index (χ1) is 20.3. The third-order valence-corrected chi connectivity index (χ3v) is 8.72. The topological polar surface area (TPSA) is 111 Å². The van der Waals surface area contributed by atoms with Crippen LogP contribution in [-0.4, -0.2) is 40.0 Å². The smallest absolute Gasteiger partial charge is 0.338 e. The fourth-order valence-electron chi connectivity index (χ4n) is 7.14. The van der Waals surface area contributed by atoms with E-state index in [-0.39, 0.29) is 35.9 Å². The van der Waals surface area contributed by atoms with Crippen LogP contribution < -0.4 is 15.8 Å². The van der Waals surface area contributed by atoms with Crippen LogP contribution in [0.4, 0.5) is 5.69 Å². The van der Waals surface area contributed by atoms with E-state index in [2.05, 4.69) is 19.2 Å². The van der Waals surface area contributed by atoms with Gasteiger partial charge in [0.25, 0.3) is 5.56 Å². The molecule has 7 rings (SSSR count). The van der Waals surface area contributed by atoms with Crippen LogP contribution in [0.3, 0.4) is 0 Å². The van der Waals surface area contributed by atoms with Gasteiger partial charge >= 0.3 is 5.97 Å². The minimum absolute atomic E-state index is 0.214. The first-order valence-electron chi connectivity index (χ1n) is 14.3. The molecule has 3 aliphatic heterocycles. The summed E-state index contributed by atoms with van der Waals surface area (Å²) >= 11 is 0. The van der Waals surface area contributed by atoms with E-state index in [0.717, 1.165) is 5.56 Å². The minimum atomic E-state index is -1.18. The van der Waals surface area contributed by atoms with Crippen molar-refractivity contribution in [2.75, 3.05) is 11.5 Å². The number of fused-ring (bicyclic) bond motifs is 8. The Kier molecular flexibility index (Phi) is 5.92. The van der Waals surface area contributed by atoms with Crippen molar-refractivity contribution in [3.8, 4) is 5.69 Å². The molecule has 0 unspecified atom stereocenters. The zero-order valence-corrected chi connectivity index (χ0v) is 23.5. The molecule has 3 aliphatic rings. The molecule has 0 aliphatic carbocycles. The highest BCUT2D eigenvalue weighted by atomic mass is 16.5. The van der Waals surface area contributed by atoms with Crippen molar-refractivity contribution >= 4 is 34.4 Å². The molecular formula is C33H30N4O5. The molecule has 2 fully saturated rings. The maximum absolute atomic E-state index is 14.5. The summed E-state index contributed by atoms with van der Waals surface area (Å²) < 4.78 is 6.69. The van der Waals surface area contributed by atoms with E-state index in [0.29, 0.717) is 40.1 Å². The summed E-state index contributed by atoms with van der Waals surface area (Å²) in [6, 6.07) is 20.7. The Labute approximate surface area is 242 Å². The fourth-order valence-corrected chi connectivity index (χ4v) is 7.14. The van der Waals surface area contributed by atoms with Crippen LogP contribution in [0.2, 0.25) is 0 Å². The number of hydrogen-bond donors (Lipinski definition) is 1. The van der Waals surface area contributed by atoms with Crippen molar-refractivity contribution in [1.82, 2.24) is 14.9 Å². The van der Waals surface area contributed by atoms with Crippen LogP contribution in [0.25, 0.3) is 16.6 Å². The summed E-state index contributed by atoms with van der Waals surface area (Å²) in [5.74, 6) is -1.98. The summed E-state index contributed by atoms with van der Waals surface area (Å²) in [5, 5.41) is 4.21. The number of aromatic nitrogens is 2. The molecule has 0 saturated carbocycles. The van der Waals surface area contributed by atoms with Crippen molar-refractivity contribution in [1.29, 1.82) is 0 Å². The van der Waals surface area contributed by atoms with Gasteiger partial charge in [0.1, 0.15) is 11.4 Å². The van der Waals surface area contributed by atoms with E-state index in [1.165, 1.54) is 4.90 Å². The Morgan fingerprint density at radius 2 is 1.69 bits per heavy atom. The van der Waals surface area contributed by atoms with Crippen LogP contribution in [0.1, 0.15) is 48.9 Å². The predicted molar refractivity (Wildman–Crippen MR) is 156 cm³/mol. The number of anilines is 1. The highest BCUT2D eigenvalue weighted by Crippen LogP contribution is 2.56. The second kappa shape index (κ2) is 9.46. The molecule has 0 radical (unpaired) electrons. The van der Waals surface area contributed by atoms with Gasteiger partial charge in [-0.25, -0.2) is 14.7 Å². The second-order valence-electron chi connectivity index (χ2n) is 11.6. The van der Waals surface area contributed by atoms with Gasteiger partial charge in [0, 0.05) is 11.6 Å². The number of rotatable bonds is 5. The quantitative estimate of drug-likeness (QED) is 0.290. The number of esters is 1. The third-order valence-electron chi connectivity index (χ3n) is 8.72. The molecule has 2 saturated heterocycles. The molecule has 1 N–H and O–H groups in total. The number of nitrogens with zero attached hydrogens (tertiary/aromatic N) is 3. The van der Waals surface area contributed by atoms with Gasteiger partial charge in [-0.1, -0.05) is 44.2 Å². The molecule has 2 amide bonds. The Morgan fingerprint density at radius 3 is 2.43 bits per heavy atom. The van der Waals surface area contributed by atoms with Gasteiger partial charge in [-0.05, 0) is 61.7 Å². The molecule has 3 aromatic carbocycles. The lowest BCUT2D eigenvalue weighted by Gasteiger charge is -2.32. The standard InChI is InChI=1S/C33H30N4O5/c1-4-42-31(41)19-13-15-20(16-14-19)36-29(39)26-24(17-18(2)3)35-33(27(26)30(36)40)22-10-6-8-12-25(22)37-28(38)21-9-5-7-11-23(21)34-32(33)37/h5-16,18,24,26-27,35H,4,17H2,1-3H3/t24-,26+,27+,33-/m0/s1. The number of para-hydroxylation sites is 2. The first kappa shape index (κ1) is 26.3. The number of amides is 2. The van der Waals surface area contributed by atoms with Gasteiger partial charge in [0.15, 0.2) is 0 Å². The zero-order chi connectivity index (χ0) is 29.3. The molecule has 212 valence electrons. The molecular weight excluding hydrogens is 532 g/mol. The third kappa shape index (κ3) is 3.49. The Hall–Kier alpha value is -4.63. The van der Waals surface area contributed by atoms with Gasteiger partial charge in [-0.2, -0.15) is 0 Å². The van der Waals surface area contributed by atoms with Crippen LogP contribution in [0.5, 0.6) is 0 Å². The molecule has 9 heteroatoms. The number of carbonyl (C=O) groups is 3. The van der Waals surface area contributed by atoms with E-state index in [4.69, 9.17) is 9.72 Å². The number of nitrogens with one attached hydrogen (secondary N) is 1. The monoisotopic (exact) mass is 562 g/mol. The van der Waals surface area contributed by atoms with E-state index in [9.17, 15) is 19.2 Å². The van der Waals surface area contributed by atoms with Crippen LogP contribution in [-0.2, 0) is 19.9 Å². The van der Waals surface area contributed by atoms with E-state index in [1.807, 2.05) is 36.4 Å². The maximum Gasteiger partial charge on any atom is 0.338 e.